The molecule has 1 aliphatic rings. The summed E-state index contributed by atoms with van der Waals surface area (Å²) in [4.78, 5) is 6.39. The monoisotopic (exact) mass is 273 g/mol. The minimum Gasteiger partial charge on any atom is -0.366 e. The Balaban J connectivity index is 1.94. The Hall–Kier alpha value is -0.620. The van der Waals surface area contributed by atoms with E-state index >= 15 is 0 Å². The summed E-state index contributed by atoms with van der Waals surface area (Å²) in [5.41, 5.74) is 5.53. The number of nitrogens with two attached hydrogens (primary N) is 1. The molecule has 15 heavy (non-hydrogen) atoms. The lowest BCUT2D eigenvalue weighted by Crippen LogP contribution is -2.32. The second-order valence-electron chi connectivity index (χ2n) is 4.17. The van der Waals surface area contributed by atoms with Crippen LogP contribution in [0.2, 0.25) is 0 Å². The molecule has 1 aromatic rings. The van der Waals surface area contributed by atoms with E-state index in [1.54, 1.807) is 0 Å². The zero-order chi connectivity index (χ0) is 10.8. The molecule has 1 aliphatic heterocycles. The Morgan fingerprint density at radius 1 is 1.47 bits per heavy atom. The molecule has 0 aliphatic carbocycles. The molecule has 0 saturated carbocycles. The Morgan fingerprint density at radius 2 is 2.13 bits per heavy atom. The first kappa shape index (κ1) is 10.9. The van der Waals surface area contributed by atoms with Crippen molar-refractivity contribution in [1.29, 1.82) is 0 Å². The van der Waals surface area contributed by atoms with Crippen molar-refractivity contribution in [3.63, 3.8) is 0 Å². The van der Waals surface area contributed by atoms with Crippen LogP contribution >= 0.6 is 15.9 Å². The van der Waals surface area contributed by atoms with Gasteiger partial charge in [-0.15, -0.1) is 5.10 Å². The molecule has 0 atom stereocenters. The fourth-order valence-corrected chi connectivity index (χ4v) is 2.35. The van der Waals surface area contributed by atoms with Gasteiger partial charge >= 0.3 is 0 Å². The van der Waals surface area contributed by atoms with E-state index in [0.29, 0.717) is 11.9 Å². The van der Waals surface area contributed by atoms with Crippen LogP contribution in [0.3, 0.4) is 0 Å². The minimum absolute atomic E-state index is 0.342. The average molecular weight is 274 g/mol. The van der Waals surface area contributed by atoms with Gasteiger partial charge in [-0.2, -0.15) is 4.98 Å². The quantitative estimate of drug-likeness (QED) is 0.872. The Bertz CT molecular complexity index is 329. The van der Waals surface area contributed by atoms with Crippen molar-refractivity contribution in [2.45, 2.75) is 19.4 Å². The first-order valence-electron chi connectivity index (χ1n) is 5.19. The molecule has 1 saturated heterocycles. The van der Waals surface area contributed by atoms with E-state index in [9.17, 15) is 0 Å². The predicted molar refractivity (Wildman–Crippen MR) is 62.4 cm³/mol. The van der Waals surface area contributed by atoms with Crippen LogP contribution in [0.4, 0.5) is 5.95 Å². The van der Waals surface area contributed by atoms with Gasteiger partial charge in [0, 0.05) is 6.54 Å². The number of aromatic nitrogens is 3. The van der Waals surface area contributed by atoms with Gasteiger partial charge in [0.25, 0.3) is 0 Å². The third-order valence-electron chi connectivity index (χ3n) is 2.91. The SMILES string of the molecule is CN1CCC(Cn2nc(N)nc2Br)CC1. The molecule has 0 amide bonds. The highest BCUT2D eigenvalue weighted by Crippen LogP contribution is 2.19. The molecule has 0 spiro atoms. The third-order valence-corrected chi connectivity index (χ3v) is 3.50. The molecule has 0 radical (unpaired) electrons. The maximum atomic E-state index is 5.53. The largest absolute Gasteiger partial charge is 0.366 e. The second kappa shape index (κ2) is 4.49. The molecule has 1 aromatic heterocycles. The maximum absolute atomic E-state index is 5.53. The second-order valence-corrected chi connectivity index (χ2v) is 4.88. The molecule has 6 heteroatoms. The Labute approximate surface area is 97.8 Å². The first-order chi connectivity index (χ1) is 7.15. The molecular formula is C9H16BrN5. The van der Waals surface area contributed by atoms with Gasteiger partial charge in [0.05, 0.1) is 0 Å². The summed E-state index contributed by atoms with van der Waals surface area (Å²) >= 11 is 3.35. The van der Waals surface area contributed by atoms with E-state index in [4.69, 9.17) is 5.73 Å². The summed E-state index contributed by atoms with van der Waals surface area (Å²) < 4.78 is 2.59. The number of likely N-dealkylation sites (tertiary alicyclic amines) is 1. The van der Waals surface area contributed by atoms with Gasteiger partial charge in [-0.25, -0.2) is 4.68 Å². The number of nitrogens with zero attached hydrogens (tertiary/aromatic N) is 4. The fraction of sp³-hybridized carbons (Fsp3) is 0.778. The normalized spacial score (nSPS) is 19.6. The average Bonchev–Trinajstić information content (AvgIpc) is 2.49. The molecule has 2 N–H and O–H groups in total. The van der Waals surface area contributed by atoms with Crippen LogP contribution in [0.15, 0.2) is 4.73 Å². The van der Waals surface area contributed by atoms with Crippen molar-refractivity contribution in [2.24, 2.45) is 5.92 Å². The van der Waals surface area contributed by atoms with Crippen LogP contribution in [0.1, 0.15) is 12.8 Å². The fourth-order valence-electron chi connectivity index (χ4n) is 1.94. The van der Waals surface area contributed by atoms with E-state index in [2.05, 4.69) is 38.0 Å². The molecule has 0 unspecified atom stereocenters. The Kier molecular flexibility index (Phi) is 3.25. The highest BCUT2D eigenvalue weighted by atomic mass is 79.9. The van der Waals surface area contributed by atoms with E-state index < -0.39 is 0 Å². The van der Waals surface area contributed by atoms with Crippen LogP contribution in [0.5, 0.6) is 0 Å². The van der Waals surface area contributed by atoms with E-state index in [1.165, 1.54) is 25.9 Å². The van der Waals surface area contributed by atoms with Gasteiger partial charge in [0.1, 0.15) is 0 Å². The minimum atomic E-state index is 0.342. The molecule has 1 fully saturated rings. The van der Waals surface area contributed by atoms with Gasteiger partial charge in [-0.05, 0) is 54.8 Å². The van der Waals surface area contributed by atoms with Crippen molar-refractivity contribution in [2.75, 3.05) is 25.9 Å². The molecule has 5 nitrogen and oxygen atoms in total. The van der Waals surface area contributed by atoms with Crippen molar-refractivity contribution in [3.05, 3.63) is 4.73 Å². The summed E-state index contributed by atoms with van der Waals surface area (Å²) in [6, 6.07) is 0. The van der Waals surface area contributed by atoms with Gasteiger partial charge in [0.2, 0.25) is 5.95 Å². The lowest BCUT2D eigenvalue weighted by molar-refractivity contribution is 0.200. The molecule has 0 aromatic carbocycles. The first-order valence-corrected chi connectivity index (χ1v) is 5.99. The van der Waals surface area contributed by atoms with Crippen molar-refractivity contribution in [1.82, 2.24) is 19.7 Å². The smallest absolute Gasteiger partial charge is 0.240 e. The number of hydrogen-bond acceptors (Lipinski definition) is 4. The molecule has 0 bridgehead atoms. The lowest BCUT2D eigenvalue weighted by atomic mass is 9.97. The zero-order valence-electron chi connectivity index (χ0n) is 8.86. The van der Waals surface area contributed by atoms with Gasteiger partial charge < -0.3 is 10.6 Å². The summed E-state index contributed by atoms with van der Waals surface area (Å²) in [6.45, 7) is 3.26. The number of rotatable bonds is 2. The van der Waals surface area contributed by atoms with Crippen LogP contribution in [0, 0.1) is 5.92 Å². The summed E-state index contributed by atoms with van der Waals surface area (Å²) in [7, 11) is 2.17. The number of anilines is 1. The summed E-state index contributed by atoms with van der Waals surface area (Å²) in [5, 5.41) is 4.15. The number of nitrogen functional groups attached to an aromatic ring is 1. The highest BCUT2D eigenvalue weighted by Gasteiger charge is 2.18. The molecular weight excluding hydrogens is 258 g/mol. The highest BCUT2D eigenvalue weighted by molar-refractivity contribution is 9.10. The summed E-state index contributed by atoms with van der Waals surface area (Å²) in [5.74, 6) is 1.04. The predicted octanol–water partition coefficient (Wildman–Crippen LogP) is 0.965. The van der Waals surface area contributed by atoms with E-state index in [-0.39, 0.29) is 0 Å². The molecule has 2 heterocycles. The number of hydrogen-bond donors (Lipinski definition) is 1. The molecule has 84 valence electrons. The van der Waals surface area contributed by atoms with Crippen molar-refractivity contribution in [3.8, 4) is 0 Å². The van der Waals surface area contributed by atoms with E-state index in [0.717, 1.165) is 11.3 Å². The van der Waals surface area contributed by atoms with Gasteiger partial charge in [-0.1, -0.05) is 0 Å². The van der Waals surface area contributed by atoms with Crippen molar-refractivity contribution < 1.29 is 0 Å². The van der Waals surface area contributed by atoms with Crippen LogP contribution in [-0.4, -0.2) is 39.8 Å². The lowest BCUT2D eigenvalue weighted by Gasteiger charge is -2.28. The third kappa shape index (κ3) is 2.69. The van der Waals surface area contributed by atoms with Crippen molar-refractivity contribution >= 4 is 21.9 Å². The standard InChI is InChI=1S/C9H16BrN5/c1-14-4-2-7(3-5-14)6-15-8(10)12-9(11)13-15/h7H,2-6H2,1H3,(H2,11,13). The van der Waals surface area contributed by atoms with Crippen LogP contribution in [-0.2, 0) is 6.54 Å². The van der Waals surface area contributed by atoms with Gasteiger partial charge in [0.15, 0.2) is 4.73 Å². The number of halogens is 1. The van der Waals surface area contributed by atoms with E-state index in [1.807, 2.05) is 4.68 Å². The summed E-state index contributed by atoms with van der Waals surface area (Å²) in [6.07, 6.45) is 2.45. The van der Waals surface area contributed by atoms with Crippen LogP contribution in [0.25, 0.3) is 0 Å². The number of piperidine rings is 1. The van der Waals surface area contributed by atoms with Crippen LogP contribution < -0.4 is 5.73 Å². The van der Waals surface area contributed by atoms with Gasteiger partial charge in [-0.3, -0.25) is 0 Å². The maximum Gasteiger partial charge on any atom is 0.240 e. The molecule has 2 rings (SSSR count). The topological polar surface area (TPSA) is 60.0 Å². The zero-order valence-corrected chi connectivity index (χ0v) is 10.4. The Morgan fingerprint density at radius 3 is 2.67 bits per heavy atom.